The third-order valence-electron chi connectivity index (χ3n) is 3.14. The summed E-state index contributed by atoms with van der Waals surface area (Å²) >= 11 is 0. The second-order valence-electron chi connectivity index (χ2n) is 4.31. The maximum Gasteiger partial charge on any atom is 0.223 e. The van der Waals surface area contributed by atoms with Gasteiger partial charge in [0.05, 0.1) is 0 Å². The number of carbonyl (C=O) groups is 1. The molecule has 13 heavy (non-hydrogen) atoms. The molecule has 0 saturated heterocycles. The van der Waals surface area contributed by atoms with Crippen LogP contribution in [0.1, 0.15) is 58.3 Å². The lowest BCUT2D eigenvalue weighted by Gasteiger charge is -2.09. The lowest BCUT2D eigenvalue weighted by atomic mass is 9.97. The van der Waals surface area contributed by atoms with Crippen LogP contribution in [-0.2, 0) is 4.79 Å². The summed E-state index contributed by atoms with van der Waals surface area (Å²) < 4.78 is 0. The van der Waals surface area contributed by atoms with Gasteiger partial charge in [-0.1, -0.05) is 39.0 Å². The summed E-state index contributed by atoms with van der Waals surface area (Å²) in [5.74, 6) is -0.0667. The first-order valence-electron chi connectivity index (χ1n) is 5.51. The Balaban J connectivity index is 2.03. The SMILES string of the molecule is CCCCCCCC1(C(N)=O)CC1. The molecule has 0 aromatic carbocycles. The van der Waals surface area contributed by atoms with Crippen LogP contribution in [0.5, 0.6) is 0 Å². The van der Waals surface area contributed by atoms with Gasteiger partial charge in [0, 0.05) is 5.41 Å². The molecule has 0 atom stereocenters. The Morgan fingerprint density at radius 3 is 2.31 bits per heavy atom. The van der Waals surface area contributed by atoms with E-state index in [0.29, 0.717) is 0 Å². The van der Waals surface area contributed by atoms with Gasteiger partial charge in [0.2, 0.25) is 5.91 Å². The van der Waals surface area contributed by atoms with Gasteiger partial charge in [-0.05, 0) is 19.3 Å². The van der Waals surface area contributed by atoms with Crippen molar-refractivity contribution in [1.82, 2.24) is 0 Å². The molecule has 76 valence electrons. The van der Waals surface area contributed by atoms with E-state index in [4.69, 9.17) is 5.73 Å². The summed E-state index contributed by atoms with van der Waals surface area (Å²) in [6.07, 6.45) is 9.47. The first kappa shape index (κ1) is 10.6. The van der Waals surface area contributed by atoms with E-state index >= 15 is 0 Å². The molecule has 2 heteroatoms. The standard InChI is InChI=1S/C11H21NO/c1-2-3-4-5-6-7-11(8-9-11)10(12)13/h2-9H2,1H3,(H2,12,13). The molecular weight excluding hydrogens is 162 g/mol. The van der Waals surface area contributed by atoms with E-state index in [1.54, 1.807) is 0 Å². The summed E-state index contributed by atoms with van der Waals surface area (Å²) in [6, 6.07) is 0. The van der Waals surface area contributed by atoms with Crippen molar-refractivity contribution < 1.29 is 4.79 Å². The molecule has 1 saturated carbocycles. The van der Waals surface area contributed by atoms with Crippen molar-refractivity contribution >= 4 is 5.91 Å². The molecule has 0 aromatic rings. The van der Waals surface area contributed by atoms with E-state index < -0.39 is 0 Å². The van der Waals surface area contributed by atoms with Crippen molar-refractivity contribution in [1.29, 1.82) is 0 Å². The van der Waals surface area contributed by atoms with E-state index in [1.807, 2.05) is 0 Å². The van der Waals surface area contributed by atoms with Crippen LogP contribution in [0.15, 0.2) is 0 Å². The van der Waals surface area contributed by atoms with Gasteiger partial charge < -0.3 is 5.73 Å². The maximum absolute atomic E-state index is 11.0. The van der Waals surface area contributed by atoms with Crippen LogP contribution in [0.3, 0.4) is 0 Å². The van der Waals surface area contributed by atoms with Crippen LogP contribution in [0, 0.1) is 5.41 Å². The van der Waals surface area contributed by atoms with Crippen LogP contribution in [0.2, 0.25) is 0 Å². The molecule has 2 N–H and O–H groups in total. The third kappa shape index (κ3) is 3.02. The molecule has 1 fully saturated rings. The number of rotatable bonds is 7. The van der Waals surface area contributed by atoms with Gasteiger partial charge in [0.25, 0.3) is 0 Å². The van der Waals surface area contributed by atoms with E-state index in [-0.39, 0.29) is 11.3 Å². The lowest BCUT2D eigenvalue weighted by molar-refractivity contribution is -0.123. The maximum atomic E-state index is 11.0. The Morgan fingerprint density at radius 1 is 1.23 bits per heavy atom. The second kappa shape index (κ2) is 4.64. The number of primary amides is 1. The molecule has 1 rings (SSSR count). The van der Waals surface area contributed by atoms with Gasteiger partial charge in [0.15, 0.2) is 0 Å². The van der Waals surface area contributed by atoms with Crippen molar-refractivity contribution in [2.75, 3.05) is 0 Å². The van der Waals surface area contributed by atoms with Gasteiger partial charge in [0.1, 0.15) is 0 Å². The van der Waals surface area contributed by atoms with Gasteiger partial charge in [-0.3, -0.25) is 4.79 Å². The van der Waals surface area contributed by atoms with Crippen molar-refractivity contribution in [2.24, 2.45) is 11.1 Å². The van der Waals surface area contributed by atoms with Crippen molar-refractivity contribution in [3.8, 4) is 0 Å². The van der Waals surface area contributed by atoms with Crippen LogP contribution in [-0.4, -0.2) is 5.91 Å². The average Bonchev–Trinajstić information content (AvgIpc) is 2.85. The quantitative estimate of drug-likeness (QED) is 0.606. The Morgan fingerprint density at radius 2 is 1.85 bits per heavy atom. The highest BCUT2D eigenvalue weighted by Crippen LogP contribution is 2.49. The second-order valence-corrected chi connectivity index (χ2v) is 4.31. The number of nitrogens with two attached hydrogens (primary N) is 1. The topological polar surface area (TPSA) is 43.1 Å². The minimum Gasteiger partial charge on any atom is -0.369 e. The van der Waals surface area contributed by atoms with Crippen LogP contribution in [0.25, 0.3) is 0 Å². The Hall–Kier alpha value is -0.530. The molecule has 1 aliphatic carbocycles. The van der Waals surface area contributed by atoms with Crippen LogP contribution < -0.4 is 5.73 Å². The first-order valence-corrected chi connectivity index (χ1v) is 5.51. The normalized spacial score (nSPS) is 18.5. The summed E-state index contributed by atoms with van der Waals surface area (Å²) in [4.78, 5) is 11.0. The molecule has 0 aromatic heterocycles. The van der Waals surface area contributed by atoms with E-state index in [1.165, 1.54) is 32.1 Å². The summed E-state index contributed by atoms with van der Waals surface area (Å²) in [6.45, 7) is 2.21. The molecule has 0 spiro atoms. The van der Waals surface area contributed by atoms with Gasteiger partial charge in [-0.15, -0.1) is 0 Å². The Bertz CT molecular complexity index is 173. The fraction of sp³-hybridized carbons (Fsp3) is 0.909. The fourth-order valence-electron chi connectivity index (χ4n) is 1.84. The highest BCUT2D eigenvalue weighted by Gasteiger charge is 2.47. The minimum atomic E-state index is -0.0667. The Labute approximate surface area is 80.9 Å². The highest BCUT2D eigenvalue weighted by molar-refractivity contribution is 5.83. The zero-order valence-corrected chi connectivity index (χ0v) is 8.64. The van der Waals surface area contributed by atoms with Crippen molar-refractivity contribution in [2.45, 2.75) is 58.3 Å². The monoisotopic (exact) mass is 183 g/mol. The predicted octanol–water partition coefficient (Wildman–Crippen LogP) is 2.61. The van der Waals surface area contributed by atoms with Gasteiger partial charge in [-0.25, -0.2) is 0 Å². The summed E-state index contributed by atoms with van der Waals surface area (Å²) in [7, 11) is 0. The van der Waals surface area contributed by atoms with Crippen LogP contribution >= 0.6 is 0 Å². The summed E-state index contributed by atoms with van der Waals surface area (Å²) in [5, 5.41) is 0. The number of unbranched alkanes of at least 4 members (excludes halogenated alkanes) is 4. The molecule has 0 heterocycles. The largest absolute Gasteiger partial charge is 0.369 e. The zero-order chi connectivity index (χ0) is 9.73. The number of hydrogen-bond acceptors (Lipinski definition) is 1. The van der Waals surface area contributed by atoms with E-state index in [2.05, 4.69) is 6.92 Å². The highest BCUT2D eigenvalue weighted by atomic mass is 16.1. The molecule has 2 nitrogen and oxygen atoms in total. The lowest BCUT2D eigenvalue weighted by Crippen LogP contribution is -2.24. The van der Waals surface area contributed by atoms with E-state index in [9.17, 15) is 4.79 Å². The molecular formula is C11H21NO. The average molecular weight is 183 g/mol. The van der Waals surface area contributed by atoms with Crippen molar-refractivity contribution in [3.63, 3.8) is 0 Å². The van der Waals surface area contributed by atoms with Crippen molar-refractivity contribution in [3.05, 3.63) is 0 Å². The fourth-order valence-corrected chi connectivity index (χ4v) is 1.84. The third-order valence-corrected chi connectivity index (χ3v) is 3.14. The Kier molecular flexibility index (Phi) is 3.76. The number of carbonyl (C=O) groups excluding carboxylic acids is 1. The molecule has 0 radical (unpaired) electrons. The van der Waals surface area contributed by atoms with Gasteiger partial charge in [-0.2, -0.15) is 0 Å². The van der Waals surface area contributed by atoms with E-state index in [0.717, 1.165) is 19.3 Å². The molecule has 1 amide bonds. The predicted molar refractivity (Wildman–Crippen MR) is 54.2 cm³/mol. The minimum absolute atomic E-state index is 0.0633. The molecule has 0 unspecified atom stereocenters. The number of hydrogen-bond donors (Lipinski definition) is 1. The molecule has 0 bridgehead atoms. The number of amides is 1. The van der Waals surface area contributed by atoms with Gasteiger partial charge >= 0.3 is 0 Å². The molecule has 0 aliphatic heterocycles. The zero-order valence-electron chi connectivity index (χ0n) is 8.64. The van der Waals surface area contributed by atoms with Crippen LogP contribution in [0.4, 0.5) is 0 Å². The summed E-state index contributed by atoms with van der Waals surface area (Å²) in [5.41, 5.74) is 5.27. The smallest absolute Gasteiger partial charge is 0.223 e. The first-order chi connectivity index (χ1) is 6.21. The molecule has 1 aliphatic rings.